The predicted octanol–water partition coefficient (Wildman–Crippen LogP) is 3.70. The van der Waals surface area contributed by atoms with Crippen LogP contribution in [0.15, 0.2) is 0 Å². The summed E-state index contributed by atoms with van der Waals surface area (Å²) < 4.78 is 5.66. The molecule has 0 fully saturated rings. The number of hydrogen-bond acceptors (Lipinski definition) is 6. The van der Waals surface area contributed by atoms with Gasteiger partial charge in [-0.2, -0.15) is 0 Å². The first kappa shape index (κ1) is 29.8. The first-order chi connectivity index (χ1) is 14.4. The van der Waals surface area contributed by atoms with Crippen LogP contribution in [0.4, 0.5) is 0 Å². The maximum atomic E-state index is 11.0. The highest BCUT2D eigenvalue weighted by molar-refractivity contribution is 4.93. The summed E-state index contributed by atoms with van der Waals surface area (Å²) in [5.74, 6) is 0. The van der Waals surface area contributed by atoms with Crippen molar-refractivity contribution in [3.8, 4) is 0 Å². The Bertz CT molecular complexity index is 368. The molecule has 0 aromatic heterocycles. The first-order valence-corrected chi connectivity index (χ1v) is 12.4. The van der Waals surface area contributed by atoms with Crippen molar-refractivity contribution in [2.45, 2.75) is 134 Å². The van der Waals surface area contributed by atoms with E-state index in [1.54, 1.807) is 0 Å². The van der Waals surface area contributed by atoms with Crippen molar-refractivity contribution in [1.82, 2.24) is 0 Å². The average Bonchev–Trinajstić information content (AvgIpc) is 2.75. The first-order valence-electron chi connectivity index (χ1n) is 12.4. The van der Waals surface area contributed by atoms with Crippen LogP contribution in [0.25, 0.3) is 0 Å². The second-order valence-electron chi connectivity index (χ2n) is 8.83. The molecule has 0 aliphatic heterocycles. The molecule has 182 valence electrons. The molecule has 0 aliphatic rings. The third-order valence-corrected chi connectivity index (χ3v) is 5.91. The van der Waals surface area contributed by atoms with Gasteiger partial charge in [0.05, 0.1) is 13.2 Å². The standard InChI is InChI=1S/C24H50O6/c1-3-5-7-9-11-13-15-17-24(29,23(28)22(27)21(26)19-25)20-30-18-16-14-12-10-8-6-4-2/h21-23,25-29H,3-20H2,1-2H3. The van der Waals surface area contributed by atoms with Gasteiger partial charge in [0.2, 0.25) is 0 Å². The van der Waals surface area contributed by atoms with Crippen LogP contribution in [0.3, 0.4) is 0 Å². The van der Waals surface area contributed by atoms with Crippen LogP contribution in [0.5, 0.6) is 0 Å². The largest absolute Gasteiger partial charge is 0.394 e. The minimum atomic E-state index is -1.64. The molecule has 0 saturated heterocycles. The summed E-state index contributed by atoms with van der Waals surface area (Å²) in [6.07, 6.45) is 11.3. The molecule has 0 aliphatic carbocycles. The average molecular weight is 435 g/mol. The Kier molecular flexibility index (Phi) is 19.3. The normalized spacial score (nSPS) is 16.9. The number of aliphatic hydroxyl groups excluding tert-OH is 4. The Morgan fingerprint density at radius 2 is 1.17 bits per heavy atom. The summed E-state index contributed by atoms with van der Waals surface area (Å²) >= 11 is 0. The van der Waals surface area contributed by atoms with Crippen molar-refractivity contribution >= 4 is 0 Å². The number of unbranched alkanes of at least 4 members (excludes halogenated alkanes) is 12. The van der Waals surface area contributed by atoms with Crippen LogP contribution >= 0.6 is 0 Å². The maximum Gasteiger partial charge on any atom is 0.116 e. The fourth-order valence-corrected chi connectivity index (χ4v) is 3.74. The minimum absolute atomic E-state index is 0.0882. The Balaban J connectivity index is 4.39. The van der Waals surface area contributed by atoms with E-state index in [0.29, 0.717) is 13.0 Å². The molecule has 5 N–H and O–H groups in total. The van der Waals surface area contributed by atoms with Gasteiger partial charge in [0.1, 0.15) is 23.9 Å². The van der Waals surface area contributed by atoms with Gasteiger partial charge in [0.25, 0.3) is 0 Å². The smallest absolute Gasteiger partial charge is 0.116 e. The Hall–Kier alpha value is -0.240. The number of aliphatic hydroxyl groups is 5. The molecule has 0 heterocycles. The van der Waals surface area contributed by atoms with E-state index in [0.717, 1.165) is 32.1 Å². The maximum absolute atomic E-state index is 11.0. The number of ether oxygens (including phenoxy) is 1. The second-order valence-corrected chi connectivity index (χ2v) is 8.83. The fraction of sp³-hybridized carbons (Fsp3) is 1.00. The van der Waals surface area contributed by atoms with Gasteiger partial charge in [-0.05, 0) is 12.8 Å². The van der Waals surface area contributed by atoms with Gasteiger partial charge in [0.15, 0.2) is 0 Å². The Labute approximate surface area is 184 Å². The van der Waals surface area contributed by atoms with Crippen molar-refractivity contribution < 1.29 is 30.3 Å². The van der Waals surface area contributed by atoms with E-state index in [1.807, 2.05) is 0 Å². The zero-order chi connectivity index (χ0) is 22.7. The molecule has 4 atom stereocenters. The quantitative estimate of drug-likeness (QED) is 0.166. The molecule has 0 aromatic rings. The van der Waals surface area contributed by atoms with Crippen LogP contribution in [0.2, 0.25) is 0 Å². The van der Waals surface area contributed by atoms with E-state index in [1.165, 1.54) is 51.4 Å². The molecule has 0 spiro atoms. The van der Waals surface area contributed by atoms with E-state index >= 15 is 0 Å². The molecule has 6 nitrogen and oxygen atoms in total. The van der Waals surface area contributed by atoms with Crippen LogP contribution < -0.4 is 0 Å². The number of hydrogen-bond donors (Lipinski definition) is 5. The minimum Gasteiger partial charge on any atom is -0.394 e. The summed E-state index contributed by atoms with van der Waals surface area (Å²) in [6, 6.07) is 0. The third-order valence-electron chi connectivity index (χ3n) is 5.91. The molecule has 0 amide bonds. The monoisotopic (exact) mass is 434 g/mol. The van der Waals surface area contributed by atoms with Gasteiger partial charge < -0.3 is 30.3 Å². The fourth-order valence-electron chi connectivity index (χ4n) is 3.74. The molecule has 0 radical (unpaired) electrons. The van der Waals surface area contributed by atoms with Gasteiger partial charge in [-0.25, -0.2) is 0 Å². The molecule has 0 bridgehead atoms. The van der Waals surface area contributed by atoms with Gasteiger partial charge in [-0.1, -0.05) is 97.3 Å². The highest BCUT2D eigenvalue weighted by Gasteiger charge is 2.42. The van der Waals surface area contributed by atoms with Gasteiger partial charge in [-0.15, -0.1) is 0 Å². The van der Waals surface area contributed by atoms with E-state index in [2.05, 4.69) is 13.8 Å². The molecular weight excluding hydrogens is 384 g/mol. The lowest BCUT2D eigenvalue weighted by Crippen LogP contribution is -2.56. The zero-order valence-corrected chi connectivity index (χ0v) is 19.6. The van der Waals surface area contributed by atoms with Crippen molar-refractivity contribution in [3.63, 3.8) is 0 Å². The van der Waals surface area contributed by atoms with E-state index in [4.69, 9.17) is 9.84 Å². The summed E-state index contributed by atoms with van der Waals surface area (Å²) in [7, 11) is 0. The lowest BCUT2D eigenvalue weighted by molar-refractivity contribution is -0.182. The molecule has 0 aromatic carbocycles. The van der Waals surface area contributed by atoms with Gasteiger partial charge in [-0.3, -0.25) is 0 Å². The summed E-state index contributed by atoms with van der Waals surface area (Å²) in [6.45, 7) is 4.12. The van der Waals surface area contributed by atoms with Crippen LogP contribution in [-0.4, -0.2) is 69.3 Å². The molecule has 0 saturated carbocycles. The molecule has 0 rings (SSSR count). The van der Waals surface area contributed by atoms with Crippen molar-refractivity contribution in [1.29, 1.82) is 0 Å². The van der Waals surface area contributed by atoms with Crippen molar-refractivity contribution in [2.24, 2.45) is 0 Å². The van der Waals surface area contributed by atoms with Crippen molar-refractivity contribution in [2.75, 3.05) is 19.8 Å². The predicted molar refractivity (Wildman–Crippen MR) is 121 cm³/mol. The Morgan fingerprint density at radius 3 is 1.67 bits per heavy atom. The van der Waals surface area contributed by atoms with Crippen LogP contribution in [0, 0.1) is 0 Å². The zero-order valence-electron chi connectivity index (χ0n) is 19.6. The summed E-state index contributed by atoms with van der Waals surface area (Å²) in [5.41, 5.74) is -1.64. The SMILES string of the molecule is CCCCCCCCCOCC(O)(CCCCCCCCC)C(O)C(O)C(O)CO. The van der Waals surface area contributed by atoms with E-state index in [9.17, 15) is 20.4 Å². The topological polar surface area (TPSA) is 110 Å². The van der Waals surface area contributed by atoms with E-state index < -0.39 is 30.5 Å². The molecular formula is C24H50O6. The lowest BCUT2D eigenvalue weighted by atomic mass is 9.86. The highest BCUT2D eigenvalue weighted by atomic mass is 16.5. The van der Waals surface area contributed by atoms with Crippen LogP contribution in [-0.2, 0) is 4.74 Å². The second kappa shape index (κ2) is 19.4. The van der Waals surface area contributed by atoms with Gasteiger partial charge >= 0.3 is 0 Å². The molecule has 4 unspecified atom stereocenters. The summed E-state index contributed by atoms with van der Waals surface area (Å²) in [5, 5.41) is 50.3. The Morgan fingerprint density at radius 1 is 0.700 bits per heavy atom. The summed E-state index contributed by atoms with van der Waals surface area (Å²) in [4.78, 5) is 0. The van der Waals surface area contributed by atoms with Crippen LogP contribution in [0.1, 0.15) is 110 Å². The lowest BCUT2D eigenvalue weighted by Gasteiger charge is -2.36. The molecule has 6 heteroatoms. The number of rotatable bonds is 22. The van der Waals surface area contributed by atoms with Gasteiger partial charge in [0, 0.05) is 6.61 Å². The third kappa shape index (κ3) is 13.9. The van der Waals surface area contributed by atoms with Crippen molar-refractivity contribution in [3.05, 3.63) is 0 Å². The van der Waals surface area contributed by atoms with E-state index in [-0.39, 0.29) is 13.0 Å². The molecule has 30 heavy (non-hydrogen) atoms. The highest BCUT2D eigenvalue weighted by Crippen LogP contribution is 2.24.